The van der Waals surface area contributed by atoms with Crippen LogP contribution in [-0.4, -0.2) is 0 Å². The largest absolute Gasteiger partial charge is 0.324 e. The van der Waals surface area contributed by atoms with Crippen molar-refractivity contribution < 1.29 is 4.39 Å². The van der Waals surface area contributed by atoms with Gasteiger partial charge >= 0.3 is 0 Å². The summed E-state index contributed by atoms with van der Waals surface area (Å²) >= 11 is 3.29. The molecule has 0 bridgehead atoms. The standard InChI is InChI=1S/C11H13BrFN/c1-2-3-7-10(14)11-8(12)5-4-6-9(11)13/h2,4-6,10H,1,3,7,14H2. The van der Waals surface area contributed by atoms with Crippen LogP contribution < -0.4 is 5.73 Å². The van der Waals surface area contributed by atoms with Crippen molar-refractivity contribution in [3.63, 3.8) is 0 Å². The molecule has 1 unspecified atom stereocenters. The average Bonchev–Trinajstić information content (AvgIpc) is 2.14. The van der Waals surface area contributed by atoms with E-state index in [1.165, 1.54) is 6.07 Å². The fourth-order valence-corrected chi connectivity index (χ4v) is 1.94. The van der Waals surface area contributed by atoms with Crippen LogP contribution >= 0.6 is 15.9 Å². The van der Waals surface area contributed by atoms with Gasteiger partial charge in [0.05, 0.1) is 0 Å². The van der Waals surface area contributed by atoms with Gasteiger partial charge in [-0.15, -0.1) is 6.58 Å². The highest BCUT2D eigenvalue weighted by Gasteiger charge is 2.13. The molecule has 0 fully saturated rings. The number of hydrogen-bond acceptors (Lipinski definition) is 1. The van der Waals surface area contributed by atoms with Gasteiger partial charge in [0.15, 0.2) is 0 Å². The maximum atomic E-state index is 13.4. The van der Waals surface area contributed by atoms with Crippen molar-refractivity contribution in [3.8, 4) is 0 Å². The van der Waals surface area contributed by atoms with E-state index in [9.17, 15) is 4.39 Å². The Labute approximate surface area is 91.9 Å². The van der Waals surface area contributed by atoms with Gasteiger partial charge < -0.3 is 5.73 Å². The lowest BCUT2D eigenvalue weighted by Crippen LogP contribution is -2.12. The minimum absolute atomic E-state index is 0.254. The van der Waals surface area contributed by atoms with Crippen molar-refractivity contribution in [2.75, 3.05) is 0 Å². The molecule has 0 aliphatic rings. The summed E-state index contributed by atoms with van der Waals surface area (Å²) < 4.78 is 14.1. The Morgan fingerprint density at radius 1 is 1.57 bits per heavy atom. The smallest absolute Gasteiger partial charge is 0.129 e. The van der Waals surface area contributed by atoms with E-state index in [-0.39, 0.29) is 11.9 Å². The van der Waals surface area contributed by atoms with Crippen LogP contribution in [0.25, 0.3) is 0 Å². The molecule has 0 spiro atoms. The first-order valence-electron chi connectivity index (χ1n) is 4.47. The molecule has 0 saturated heterocycles. The van der Waals surface area contributed by atoms with E-state index >= 15 is 0 Å². The molecule has 3 heteroatoms. The first-order chi connectivity index (χ1) is 6.66. The molecule has 0 aromatic heterocycles. The van der Waals surface area contributed by atoms with Crippen LogP contribution in [0.4, 0.5) is 4.39 Å². The Kier molecular flexibility index (Phi) is 4.29. The fourth-order valence-electron chi connectivity index (χ4n) is 1.31. The molecule has 1 atom stereocenters. The van der Waals surface area contributed by atoms with E-state index < -0.39 is 0 Å². The van der Waals surface area contributed by atoms with Crippen LogP contribution in [0.15, 0.2) is 35.3 Å². The van der Waals surface area contributed by atoms with Crippen LogP contribution in [-0.2, 0) is 0 Å². The summed E-state index contributed by atoms with van der Waals surface area (Å²) in [5, 5.41) is 0. The predicted octanol–water partition coefficient (Wildman–Crippen LogP) is 3.55. The molecule has 0 heterocycles. The molecule has 0 aliphatic carbocycles. The molecule has 1 rings (SSSR count). The van der Waals surface area contributed by atoms with Gasteiger partial charge in [0, 0.05) is 16.1 Å². The lowest BCUT2D eigenvalue weighted by Gasteiger charge is -2.13. The minimum Gasteiger partial charge on any atom is -0.324 e. The zero-order valence-corrected chi connectivity index (χ0v) is 9.43. The van der Waals surface area contributed by atoms with Crippen molar-refractivity contribution in [3.05, 3.63) is 46.7 Å². The lowest BCUT2D eigenvalue weighted by atomic mass is 10.0. The van der Waals surface area contributed by atoms with Gasteiger partial charge in [0.2, 0.25) is 0 Å². The highest BCUT2D eigenvalue weighted by atomic mass is 79.9. The second-order valence-corrected chi connectivity index (χ2v) is 3.96. The monoisotopic (exact) mass is 257 g/mol. The SMILES string of the molecule is C=CCCC(N)c1c(F)cccc1Br. The molecular formula is C11H13BrFN. The second kappa shape index (κ2) is 5.27. The summed E-state index contributed by atoms with van der Waals surface area (Å²) in [7, 11) is 0. The quantitative estimate of drug-likeness (QED) is 0.821. The number of hydrogen-bond donors (Lipinski definition) is 1. The second-order valence-electron chi connectivity index (χ2n) is 3.11. The zero-order valence-electron chi connectivity index (χ0n) is 7.84. The number of nitrogens with two attached hydrogens (primary N) is 1. The summed E-state index contributed by atoms with van der Waals surface area (Å²) in [5.74, 6) is -0.254. The van der Waals surface area contributed by atoms with E-state index in [2.05, 4.69) is 22.5 Å². The van der Waals surface area contributed by atoms with Crippen LogP contribution in [0.1, 0.15) is 24.4 Å². The van der Waals surface area contributed by atoms with Gasteiger partial charge in [-0.25, -0.2) is 4.39 Å². The topological polar surface area (TPSA) is 26.0 Å². The van der Waals surface area contributed by atoms with Gasteiger partial charge in [0.1, 0.15) is 5.82 Å². The summed E-state index contributed by atoms with van der Waals surface area (Å²) in [6, 6.07) is 4.60. The normalized spacial score (nSPS) is 12.5. The first kappa shape index (κ1) is 11.4. The third-order valence-electron chi connectivity index (χ3n) is 2.05. The van der Waals surface area contributed by atoms with E-state index in [0.29, 0.717) is 12.0 Å². The van der Waals surface area contributed by atoms with Crippen LogP contribution in [0.3, 0.4) is 0 Å². The Morgan fingerprint density at radius 2 is 2.29 bits per heavy atom. The van der Waals surface area contributed by atoms with Crippen molar-refractivity contribution >= 4 is 15.9 Å². The average molecular weight is 258 g/mol. The summed E-state index contributed by atoms with van der Waals surface area (Å²) in [6.07, 6.45) is 3.29. The van der Waals surface area contributed by atoms with E-state index in [4.69, 9.17) is 5.73 Å². The van der Waals surface area contributed by atoms with Crippen molar-refractivity contribution in [2.45, 2.75) is 18.9 Å². The Morgan fingerprint density at radius 3 is 2.86 bits per heavy atom. The summed E-state index contributed by atoms with van der Waals surface area (Å²) in [6.45, 7) is 3.61. The highest BCUT2D eigenvalue weighted by Crippen LogP contribution is 2.27. The van der Waals surface area contributed by atoms with Crippen LogP contribution in [0.2, 0.25) is 0 Å². The number of allylic oxidation sites excluding steroid dienone is 1. The van der Waals surface area contributed by atoms with Crippen LogP contribution in [0, 0.1) is 5.82 Å². The first-order valence-corrected chi connectivity index (χ1v) is 5.26. The third kappa shape index (κ3) is 2.66. The Balaban J connectivity index is 2.87. The number of rotatable bonds is 4. The third-order valence-corrected chi connectivity index (χ3v) is 2.74. The van der Waals surface area contributed by atoms with Gasteiger partial charge in [-0.3, -0.25) is 0 Å². The summed E-state index contributed by atoms with van der Waals surface area (Å²) in [5.41, 5.74) is 6.42. The molecule has 76 valence electrons. The highest BCUT2D eigenvalue weighted by molar-refractivity contribution is 9.10. The lowest BCUT2D eigenvalue weighted by molar-refractivity contribution is 0.564. The molecule has 1 nitrogen and oxygen atoms in total. The Bertz CT molecular complexity index is 305. The summed E-state index contributed by atoms with van der Waals surface area (Å²) in [4.78, 5) is 0. The fraction of sp³-hybridized carbons (Fsp3) is 0.273. The van der Waals surface area contributed by atoms with Crippen molar-refractivity contribution in [1.29, 1.82) is 0 Å². The van der Waals surface area contributed by atoms with E-state index in [1.807, 2.05) is 0 Å². The zero-order chi connectivity index (χ0) is 10.6. The molecule has 14 heavy (non-hydrogen) atoms. The molecule has 1 aromatic rings. The minimum atomic E-state index is -0.274. The molecule has 2 N–H and O–H groups in total. The number of halogens is 2. The molecule has 1 aromatic carbocycles. The molecule has 0 amide bonds. The van der Waals surface area contributed by atoms with Gasteiger partial charge in [-0.05, 0) is 25.0 Å². The molecular weight excluding hydrogens is 245 g/mol. The molecule has 0 radical (unpaired) electrons. The van der Waals surface area contributed by atoms with Gasteiger partial charge in [0.25, 0.3) is 0 Å². The predicted molar refractivity (Wildman–Crippen MR) is 60.5 cm³/mol. The van der Waals surface area contributed by atoms with Crippen LogP contribution in [0.5, 0.6) is 0 Å². The van der Waals surface area contributed by atoms with Gasteiger partial charge in [-0.2, -0.15) is 0 Å². The maximum Gasteiger partial charge on any atom is 0.129 e. The molecule has 0 saturated carbocycles. The van der Waals surface area contributed by atoms with E-state index in [0.717, 1.165) is 10.9 Å². The van der Waals surface area contributed by atoms with E-state index in [1.54, 1.807) is 18.2 Å². The van der Waals surface area contributed by atoms with Crippen molar-refractivity contribution in [1.82, 2.24) is 0 Å². The maximum absolute atomic E-state index is 13.4. The molecule has 0 aliphatic heterocycles. The number of benzene rings is 1. The van der Waals surface area contributed by atoms with Gasteiger partial charge in [-0.1, -0.05) is 28.1 Å². The Hall–Kier alpha value is -0.670. The van der Waals surface area contributed by atoms with Crippen molar-refractivity contribution in [2.24, 2.45) is 5.73 Å².